The van der Waals surface area contributed by atoms with E-state index in [-0.39, 0.29) is 13.2 Å². The number of aliphatic carboxylic acids is 1. The molecule has 0 bridgehead atoms. The van der Waals surface area contributed by atoms with Gasteiger partial charge >= 0.3 is 7.60 Å². The van der Waals surface area contributed by atoms with E-state index < -0.39 is 25.1 Å². The van der Waals surface area contributed by atoms with E-state index in [2.05, 4.69) is 0 Å². The second kappa shape index (κ2) is 6.08. The van der Waals surface area contributed by atoms with Gasteiger partial charge in [0.2, 0.25) is 0 Å². The van der Waals surface area contributed by atoms with Gasteiger partial charge in [0.15, 0.2) is 0 Å². The van der Waals surface area contributed by atoms with Crippen LogP contribution in [0.2, 0.25) is 0 Å². The lowest BCUT2D eigenvalue weighted by Crippen LogP contribution is -2.35. The Hall–Kier alpha value is -1.16. The molecule has 0 saturated heterocycles. The number of benzene rings is 1. The Bertz CT molecular complexity index is 532. The molecule has 5 nitrogen and oxygen atoms in total. The van der Waals surface area contributed by atoms with Crippen molar-refractivity contribution in [2.24, 2.45) is 0 Å². The minimum Gasteiger partial charge on any atom is -0.549 e. The van der Waals surface area contributed by atoms with E-state index in [0.717, 1.165) is 5.56 Å². The van der Waals surface area contributed by atoms with Crippen LogP contribution in [0.3, 0.4) is 0 Å². The Morgan fingerprint density at radius 2 is 1.90 bits per heavy atom. The molecule has 6 heteroatoms. The van der Waals surface area contributed by atoms with Crippen LogP contribution in [0.15, 0.2) is 24.3 Å². The SMILES string of the molecule is CCOP(=O)(OCC)[C@H]1Cc2ccccc2[C@H]1C(=O)[O-]. The molecule has 0 aromatic heterocycles. The molecule has 110 valence electrons. The van der Waals surface area contributed by atoms with Gasteiger partial charge in [0.1, 0.15) is 0 Å². The predicted molar refractivity (Wildman–Crippen MR) is 72.5 cm³/mol. The predicted octanol–water partition coefficient (Wildman–Crippen LogP) is 1.71. The summed E-state index contributed by atoms with van der Waals surface area (Å²) >= 11 is 0. The average molecular weight is 297 g/mol. The van der Waals surface area contributed by atoms with Gasteiger partial charge in [-0.1, -0.05) is 24.3 Å². The van der Waals surface area contributed by atoms with E-state index in [1.807, 2.05) is 12.1 Å². The smallest absolute Gasteiger partial charge is 0.335 e. The molecule has 0 fully saturated rings. The number of rotatable bonds is 6. The Morgan fingerprint density at radius 1 is 1.30 bits per heavy atom. The normalized spacial score (nSPS) is 21.7. The quantitative estimate of drug-likeness (QED) is 0.747. The first-order valence-electron chi connectivity index (χ1n) is 6.71. The topological polar surface area (TPSA) is 75.7 Å². The summed E-state index contributed by atoms with van der Waals surface area (Å²) in [6.45, 7) is 3.84. The number of hydrogen-bond acceptors (Lipinski definition) is 5. The number of carbonyl (C=O) groups excluding carboxylic acids is 1. The van der Waals surface area contributed by atoms with Crippen LogP contribution in [0.25, 0.3) is 0 Å². The molecule has 0 radical (unpaired) electrons. The van der Waals surface area contributed by atoms with Crippen molar-refractivity contribution in [1.29, 1.82) is 0 Å². The van der Waals surface area contributed by atoms with E-state index in [1.54, 1.807) is 26.0 Å². The summed E-state index contributed by atoms with van der Waals surface area (Å²) in [6, 6.07) is 7.18. The highest BCUT2D eigenvalue weighted by Crippen LogP contribution is 2.60. The number of hydrogen-bond donors (Lipinski definition) is 0. The molecule has 0 N–H and O–H groups in total. The molecule has 0 spiro atoms. The molecule has 0 amide bonds. The third-order valence-electron chi connectivity index (χ3n) is 3.48. The van der Waals surface area contributed by atoms with Gasteiger partial charge in [0.05, 0.1) is 18.9 Å². The van der Waals surface area contributed by atoms with Gasteiger partial charge in [-0.2, -0.15) is 0 Å². The number of carbonyl (C=O) groups is 1. The lowest BCUT2D eigenvalue weighted by atomic mass is 10.0. The molecule has 1 aliphatic carbocycles. The van der Waals surface area contributed by atoms with Crippen LogP contribution >= 0.6 is 7.60 Å². The van der Waals surface area contributed by atoms with E-state index in [9.17, 15) is 14.5 Å². The zero-order valence-corrected chi connectivity index (χ0v) is 12.5. The second-order valence-electron chi connectivity index (χ2n) is 4.64. The van der Waals surface area contributed by atoms with Crippen molar-refractivity contribution in [2.75, 3.05) is 13.2 Å². The minimum atomic E-state index is -3.48. The van der Waals surface area contributed by atoms with E-state index in [1.165, 1.54) is 0 Å². The summed E-state index contributed by atoms with van der Waals surface area (Å²) in [5.41, 5.74) is 0.799. The maximum absolute atomic E-state index is 12.9. The molecule has 1 aromatic carbocycles. The van der Waals surface area contributed by atoms with Crippen molar-refractivity contribution in [1.82, 2.24) is 0 Å². The van der Waals surface area contributed by atoms with Gasteiger partial charge in [0, 0.05) is 11.9 Å². The van der Waals surface area contributed by atoms with Crippen LogP contribution in [-0.4, -0.2) is 24.8 Å². The fourth-order valence-electron chi connectivity index (χ4n) is 2.74. The third-order valence-corrected chi connectivity index (χ3v) is 6.01. The average Bonchev–Trinajstić information content (AvgIpc) is 2.79. The Balaban J connectivity index is 2.42. The summed E-state index contributed by atoms with van der Waals surface area (Å²) in [4.78, 5) is 11.5. The molecule has 1 aromatic rings. The first-order chi connectivity index (χ1) is 9.53. The number of fused-ring (bicyclic) bond motifs is 1. The summed E-state index contributed by atoms with van der Waals surface area (Å²) in [5, 5.41) is 11.5. The van der Waals surface area contributed by atoms with Gasteiger partial charge in [0.25, 0.3) is 0 Å². The minimum absolute atomic E-state index is 0.212. The van der Waals surface area contributed by atoms with Crippen molar-refractivity contribution in [3.05, 3.63) is 35.4 Å². The van der Waals surface area contributed by atoms with Crippen LogP contribution in [0.4, 0.5) is 0 Å². The summed E-state index contributed by atoms with van der Waals surface area (Å²) in [7, 11) is -3.48. The van der Waals surface area contributed by atoms with Gasteiger partial charge < -0.3 is 18.9 Å². The van der Waals surface area contributed by atoms with Crippen molar-refractivity contribution in [2.45, 2.75) is 31.8 Å². The Kier molecular flexibility index (Phi) is 4.63. The first kappa shape index (κ1) is 15.2. The first-order valence-corrected chi connectivity index (χ1v) is 8.32. The van der Waals surface area contributed by atoms with Crippen molar-refractivity contribution in [3.8, 4) is 0 Å². The summed E-state index contributed by atoms with van der Waals surface area (Å²) in [5.74, 6) is -2.19. The monoisotopic (exact) mass is 297 g/mol. The van der Waals surface area contributed by atoms with Crippen LogP contribution in [0.5, 0.6) is 0 Å². The number of carboxylic acids is 1. The van der Waals surface area contributed by atoms with Crippen molar-refractivity contribution >= 4 is 13.6 Å². The lowest BCUT2D eigenvalue weighted by molar-refractivity contribution is -0.307. The van der Waals surface area contributed by atoms with E-state index in [4.69, 9.17) is 9.05 Å². The maximum Gasteiger partial charge on any atom is 0.335 e. The molecule has 20 heavy (non-hydrogen) atoms. The van der Waals surface area contributed by atoms with Crippen molar-refractivity contribution < 1.29 is 23.5 Å². The molecule has 0 saturated carbocycles. The Labute approximate surface area is 118 Å². The highest BCUT2D eigenvalue weighted by Gasteiger charge is 2.46. The van der Waals surface area contributed by atoms with Gasteiger partial charge in [-0.25, -0.2) is 0 Å². The molecule has 1 aliphatic rings. The molecule has 2 atom stereocenters. The number of carboxylic acid groups (broad SMARTS) is 1. The largest absolute Gasteiger partial charge is 0.549 e. The molecule has 0 heterocycles. The van der Waals surface area contributed by atoms with Gasteiger partial charge in [-0.05, 0) is 31.4 Å². The van der Waals surface area contributed by atoms with Crippen LogP contribution in [0.1, 0.15) is 30.9 Å². The summed E-state index contributed by atoms with van der Waals surface area (Å²) in [6.07, 6.45) is 0.367. The molecule has 2 rings (SSSR count). The highest BCUT2D eigenvalue weighted by atomic mass is 31.2. The summed E-state index contributed by atoms with van der Waals surface area (Å²) < 4.78 is 23.5. The maximum atomic E-state index is 12.9. The Morgan fingerprint density at radius 3 is 2.45 bits per heavy atom. The van der Waals surface area contributed by atoms with Crippen molar-refractivity contribution in [3.63, 3.8) is 0 Å². The molecule has 0 aliphatic heterocycles. The fourth-order valence-corrected chi connectivity index (χ4v) is 4.99. The molecular formula is C14H18O5P-. The van der Waals surface area contributed by atoms with Crippen LogP contribution in [-0.2, 0) is 24.8 Å². The van der Waals surface area contributed by atoms with E-state index >= 15 is 0 Å². The van der Waals surface area contributed by atoms with Gasteiger partial charge in [-0.15, -0.1) is 0 Å². The third kappa shape index (κ3) is 2.66. The molecule has 0 unspecified atom stereocenters. The fraction of sp³-hybridized carbons (Fsp3) is 0.500. The van der Waals surface area contributed by atoms with Crippen LogP contribution in [0, 0.1) is 0 Å². The van der Waals surface area contributed by atoms with Crippen LogP contribution < -0.4 is 5.11 Å². The van der Waals surface area contributed by atoms with Gasteiger partial charge in [-0.3, -0.25) is 4.57 Å². The second-order valence-corrected chi connectivity index (χ2v) is 6.90. The standard InChI is InChI=1S/C14H19O5P/c1-3-18-20(17,19-4-2)12-9-10-7-5-6-8-11(10)13(12)14(15)16/h5-8,12-13H,3-4,9H2,1-2H3,(H,15,16)/p-1/t12-,13+/m0/s1. The lowest BCUT2D eigenvalue weighted by Gasteiger charge is -2.28. The molecular weight excluding hydrogens is 279 g/mol. The van der Waals surface area contributed by atoms with E-state index in [0.29, 0.717) is 12.0 Å². The zero-order chi connectivity index (χ0) is 14.8. The highest BCUT2D eigenvalue weighted by molar-refractivity contribution is 7.54. The zero-order valence-electron chi connectivity index (χ0n) is 11.6.